The molecule has 1 aliphatic carbocycles. The molecule has 2 N–H and O–H groups in total. The summed E-state index contributed by atoms with van der Waals surface area (Å²) in [6, 6.07) is 5.19. The molecule has 3 aromatic rings. The van der Waals surface area contributed by atoms with Crippen LogP contribution in [0.5, 0.6) is 0 Å². The molecule has 2 aromatic heterocycles. The first kappa shape index (κ1) is 19.2. The second-order valence-electron chi connectivity index (χ2n) is 7.59. The largest absolute Gasteiger partial charge is 0.349 e. The highest BCUT2D eigenvalue weighted by Gasteiger charge is 2.22. The van der Waals surface area contributed by atoms with E-state index in [-0.39, 0.29) is 34.2 Å². The summed E-state index contributed by atoms with van der Waals surface area (Å²) in [6.07, 6.45) is 7.95. The Balaban J connectivity index is 1.76. The molecule has 1 fully saturated rings. The Hall–Kier alpha value is -3.16. The minimum absolute atomic E-state index is 0.103. The standard InChI is InChI=1S/C21H23FN4O3/c1-25-12-16(19(27)23-14-6-4-2-3-5-7-14)17-18(25)20(28)26(21(29)24-17)15-10-8-13(22)9-11-15/h8-12,14H,2-7H2,1H3,(H,23,27)(H,24,29). The predicted octanol–water partition coefficient (Wildman–Crippen LogP) is 2.61. The molecule has 1 saturated carbocycles. The number of rotatable bonds is 3. The zero-order valence-corrected chi connectivity index (χ0v) is 16.2. The number of amides is 1. The third-order valence-electron chi connectivity index (χ3n) is 5.54. The number of aromatic nitrogens is 3. The van der Waals surface area contributed by atoms with E-state index in [0.717, 1.165) is 30.3 Å². The van der Waals surface area contributed by atoms with Crippen molar-refractivity contribution in [3.63, 3.8) is 0 Å². The summed E-state index contributed by atoms with van der Waals surface area (Å²) in [5.74, 6) is -0.757. The quantitative estimate of drug-likeness (QED) is 0.665. The normalized spacial score (nSPS) is 15.4. The van der Waals surface area contributed by atoms with E-state index in [1.54, 1.807) is 13.2 Å². The van der Waals surface area contributed by atoms with Crippen LogP contribution in [0.1, 0.15) is 48.9 Å². The first-order chi connectivity index (χ1) is 14.0. The molecule has 1 amide bonds. The van der Waals surface area contributed by atoms with Crippen LogP contribution in [-0.4, -0.2) is 26.1 Å². The molecule has 8 heteroatoms. The van der Waals surface area contributed by atoms with E-state index >= 15 is 0 Å². The number of carbonyl (C=O) groups is 1. The zero-order chi connectivity index (χ0) is 20.5. The second kappa shape index (κ2) is 7.69. The Morgan fingerprint density at radius 2 is 1.76 bits per heavy atom. The zero-order valence-electron chi connectivity index (χ0n) is 16.2. The average molecular weight is 398 g/mol. The number of aromatic amines is 1. The lowest BCUT2D eigenvalue weighted by Crippen LogP contribution is -2.36. The molecule has 0 atom stereocenters. The van der Waals surface area contributed by atoms with Crippen molar-refractivity contribution >= 4 is 16.9 Å². The number of nitrogens with zero attached hydrogens (tertiary/aromatic N) is 2. The van der Waals surface area contributed by atoms with E-state index in [1.807, 2.05) is 0 Å². The summed E-state index contributed by atoms with van der Waals surface area (Å²) in [6.45, 7) is 0. The maximum absolute atomic E-state index is 13.2. The number of hydrogen-bond donors (Lipinski definition) is 2. The minimum atomic E-state index is -0.677. The summed E-state index contributed by atoms with van der Waals surface area (Å²) >= 11 is 0. The Labute approximate surface area is 166 Å². The Bertz CT molecular complexity index is 1170. The van der Waals surface area contributed by atoms with Gasteiger partial charge in [-0.05, 0) is 37.1 Å². The van der Waals surface area contributed by atoms with E-state index in [9.17, 15) is 18.8 Å². The number of halogens is 1. The van der Waals surface area contributed by atoms with Crippen molar-refractivity contribution in [2.45, 2.75) is 44.6 Å². The molecule has 0 unspecified atom stereocenters. The van der Waals surface area contributed by atoms with E-state index in [4.69, 9.17) is 0 Å². The number of H-pyrrole nitrogens is 1. The summed E-state index contributed by atoms with van der Waals surface area (Å²) in [7, 11) is 1.65. The fourth-order valence-electron chi connectivity index (χ4n) is 4.06. The highest BCUT2D eigenvalue weighted by Crippen LogP contribution is 2.19. The molecule has 0 saturated heterocycles. The van der Waals surface area contributed by atoms with E-state index in [2.05, 4.69) is 10.3 Å². The van der Waals surface area contributed by atoms with Gasteiger partial charge in [-0.25, -0.2) is 13.8 Å². The summed E-state index contributed by atoms with van der Waals surface area (Å²) in [5, 5.41) is 3.05. The minimum Gasteiger partial charge on any atom is -0.349 e. The topological polar surface area (TPSA) is 88.9 Å². The fraction of sp³-hybridized carbons (Fsp3) is 0.381. The van der Waals surface area contributed by atoms with Crippen LogP contribution in [0.4, 0.5) is 4.39 Å². The smallest absolute Gasteiger partial charge is 0.333 e. The molecular formula is C21H23FN4O3. The van der Waals surface area contributed by atoms with Crippen LogP contribution in [0, 0.1) is 5.82 Å². The lowest BCUT2D eigenvalue weighted by atomic mass is 10.1. The first-order valence-electron chi connectivity index (χ1n) is 9.87. The van der Waals surface area contributed by atoms with Gasteiger partial charge in [0.25, 0.3) is 11.5 Å². The van der Waals surface area contributed by atoms with Gasteiger partial charge < -0.3 is 14.9 Å². The number of aryl methyl sites for hydroxylation is 1. The molecule has 0 radical (unpaired) electrons. The van der Waals surface area contributed by atoms with Gasteiger partial charge in [0.2, 0.25) is 0 Å². The second-order valence-corrected chi connectivity index (χ2v) is 7.59. The van der Waals surface area contributed by atoms with Crippen LogP contribution in [0.2, 0.25) is 0 Å². The monoisotopic (exact) mass is 398 g/mol. The first-order valence-corrected chi connectivity index (χ1v) is 9.87. The van der Waals surface area contributed by atoms with Crippen molar-refractivity contribution in [2.24, 2.45) is 7.05 Å². The van der Waals surface area contributed by atoms with Crippen molar-refractivity contribution in [1.82, 2.24) is 19.4 Å². The van der Waals surface area contributed by atoms with Crippen molar-refractivity contribution in [3.05, 3.63) is 62.7 Å². The predicted molar refractivity (Wildman–Crippen MR) is 108 cm³/mol. The fourth-order valence-corrected chi connectivity index (χ4v) is 4.06. The van der Waals surface area contributed by atoms with Crippen molar-refractivity contribution in [3.8, 4) is 5.69 Å². The lowest BCUT2D eigenvalue weighted by Gasteiger charge is -2.15. The van der Waals surface area contributed by atoms with Crippen LogP contribution in [-0.2, 0) is 7.05 Å². The summed E-state index contributed by atoms with van der Waals surface area (Å²) in [4.78, 5) is 41.2. The molecule has 0 aliphatic heterocycles. The maximum Gasteiger partial charge on any atom is 0.333 e. The van der Waals surface area contributed by atoms with Crippen LogP contribution in [0.15, 0.2) is 40.1 Å². The van der Waals surface area contributed by atoms with Crippen molar-refractivity contribution in [2.75, 3.05) is 0 Å². The number of fused-ring (bicyclic) bond motifs is 1. The van der Waals surface area contributed by atoms with Gasteiger partial charge in [-0.15, -0.1) is 0 Å². The van der Waals surface area contributed by atoms with Gasteiger partial charge in [-0.2, -0.15) is 0 Å². The third kappa shape index (κ3) is 3.62. The molecule has 2 heterocycles. The molecule has 7 nitrogen and oxygen atoms in total. The maximum atomic E-state index is 13.2. The summed E-state index contributed by atoms with van der Waals surface area (Å²) in [5.41, 5.74) is -0.292. The number of benzene rings is 1. The van der Waals surface area contributed by atoms with Gasteiger partial charge in [-0.1, -0.05) is 25.7 Å². The van der Waals surface area contributed by atoms with Gasteiger partial charge in [0.15, 0.2) is 0 Å². The van der Waals surface area contributed by atoms with Gasteiger partial charge in [0.05, 0.1) is 16.8 Å². The third-order valence-corrected chi connectivity index (χ3v) is 5.54. The van der Waals surface area contributed by atoms with Gasteiger partial charge >= 0.3 is 5.69 Å². The molecule has 29 heavy (non-hydrogen) atoms. The van der Waals surface area contributed by atoms with E-state index in [1.165, 1.54) is 41.7 Å². The van der Waals surface area contributed by atoms with Gasteiger partial charge in [-0.3, -0.25) is 9.59 Å². The van der Waals surface area contributed by atoms with Crippen molar-refractivity contribution < 1.29 is 9.18 Å². The highest BCUT2D eigenvalue weighted by atomic mass is 19.1. The van der Waals surface area contributed by atoms with Gasteiger partial charge in [0.1, 0.15) is 11.3 Å². The molecule has 1 aliphatic rings. The highest BCUT2D eigenvalue weighted by molar-refractivity contribution is 6.05. The molecule has 4 rings (SSSR count). The molecule has 0 spiro atoms. The molecule has 0 bridgehead atoms. The lowest BCUT2D eigenvalue weighted by molar-refractivity contribution is 0.0934. The van der Waals surface area contributed by atoms with Crippen LogP contribution in [0.25, 0.3) is 16.7 Å². The Morgan fingerprint density at radius 3 is 2.41 bits per heavy atom. The number of nitrogens with one attached hydrogen (secondary N) is 2. The van der Waals surface area contributed by atoms with Gasteiger partial charge in [0, 0.05) is 19.3 Å². The van der Waals surface area contributed by atoms with Crippen LogP contribution >= 0.6 is 0 Å². The molecular weight excluding hydrogens is 375 g/mol. The Kier molecular flexibility index (Phi) is 5.08. The number of carbonyl (C=O) groups excluding carboxylic acids is 1. The van der Waals surface area contributed by atoms with Crippen LogP contribution in [0.3, 0.4) is 0 Å². The SMILES string of the molecule is Cn1cc(C(=O)NC2CCCCCC2)c2[nH]c(=O)n(-c3ccc(F)cc3)c(=O)c21. The van der Waals surface area contributed by atoms with E-state index in [0.29, 0.717) is 0 Å². The average Bonchev–Trinajstić information content (AvgIpc) is 2.85. The Morgan fingerprint density at radius 1 is 1.10 bits per heavy atom. The summed E-state index contributed by atoms with van der Waals surface area (Å²) < 4.78 is 15.7. The van der Waals surface area contributed by atoms with E-state index < -0.39 is 17.1 Å². The number of hydrogen-bond acceptors (Lipinski definition) is 3. The molecule has 1 aromatic carbocycles. The van der Waals surface area contributed by atoms with Crippen LogP contribution < -0.4 is 16.6 Å². The van der Waals surface area contributed by atoms with Crippen molar-refractivity contribution in [1.29, 1.82) is 0 Å². The molecule has 152 valence electrons.